The normalized spacial score (nSPS) is 20.4. The van der Waals surface area contributed by atoms with E-state index in [0.717, 1.165) is 12.2 Å². The fraction of sp³-hybridized carbons (Fsp3) is 0.571. The van der Waals surface area contributed by atoms with E-state index in [0.29, 0.717) is 22.4 Å². The van der Waals surface area contributed by atoms with Gasteiger partial charge in [-0.3, -0.25) is 9.78 Å². The number of rotatable bonds is 4. The quantitative estimate of drug-likeness (QED) is 0.857. The van der Waals surface area contributed by atoms with Crippen LogP contribution in [0.5, 0.6) is 0 Å². The lowest BCUT2D eigenvalue weighted by molar-refractivity contribution is 0.0995. The Morgan fingerprint density at radius 1 is 1.39 bits per heavy atom. The summed E-state index contributed by atoms with van der Waals surface area (Å²) in [5, 5.41) is 3.37. The lowest BCUT2D eigenvalue weighted by Gasteiger charge is -2.08. The van der Waals surface area contributed by atoms with E-state index >= 15 is 0 Å². The molecule has 18 heavy (non-hydrogen) atoms. The van der Waals surface area contributed by atoms with E-state index in [1.807, 2.05) is 6.07 Å². The number of hydrogen-bond donors (Lipinski definition) is 2. The first-order valence-corrected chi connectivity index (χ1v) is 6.26. The Morgan fingerprint density at radius 2 is 2.00 bits per heavy atom. The number of nitrogens with one attached hydrogen (secondary N) is 1. The van der Waals surface area contributed by atoms with Crippen LogP contribution in [0.25, 0.3) is 0 Å². The Balaban J connectivity index is 2.00. The molecule has 1 saturated carbocycles. The first kappa shape index (κ1) is 12.9. The SMILES string of the molecule is CC1(C)C(CNc2ccnc(C(N)=O)c2)C1(C)C. The summed E-state index contributed by atoms with van der Waals surface area (Å²) in [7, 11) is 0. The zero-order chi connectivity index (χ0) is 13.6. The van der Waals surface area contributed by atoms with Crippen molar-refractivity contribution in [3.05, 3.63) is 24.0 Å². The molecule has 0 aromatic carbocycles. The fourth-order valence-electron chi connectivity index (χ4n) is 2.74. The molecular weight excluding hydrogens is 226 g/mol. The number of nitrogens with two attached hydrogens (primary N) is 1. The van der Waals surface area contributed by atoms with Crippen LogP contribution in [0.3, 0.4) is 0 Å². The van der Waals surface area contributed by atoms with Crippen LogP contribution in [0, 0.1) is 16.7 Å². The molecule has 1 amide bonds. The predicted molar refractivity (Wildman–Crippen MR) is 72.3 cm³/mol. The maximum Gasteiger partial charge on any atom is 0.267 e. The second-order valence-electron chi connectivity index (χ2n) is 6.17. The molecule has 1 aromatic heterocycles. The lowest BCUT2D eigenvalue weighted by atomic mass is 10.0. The van der Waals surface area contributed by atoms with Crippen LogP contribution in [-0.2, 0) is 0 Å². The molecule has 1 aromatic rings. The highest BCUT2D eigenvalue weighted by Gasteiger charge is 2.63. The van der Waals surface area contributed by atoms with Crippen molar-refractivity contribution in [2.24, 2.45) is 22.5 Å². The Bertz CT molecular complexity index is 466. The fourth-order valence-corrected chi connectivity index (χ4v) is 2.74. The molecule has 4 heteroatoms. The van der Waals surface area contributed by atoms with Crippen LogP contribution in [-0.4, -0.2) is 17.4 Å². The van der Waals surface area contributed by atoms with Gasteiger partial charge in [0.25, 0.3) is 5.91 Å². The Labute approximate surface area is 108 Å². The van der Waals surface area contributed by atoms with Gasteiger partial charge in [-0.1, -0.05) is 27.7 Å². The third kappa shape index (κ3) is 1.96. The first-order valence-electron chi connectivity index (χ1n) is 6.26. The average Bonchev–Trinajstić information content (AvgIpc) is 2.67. The standard InChI is InChI=1S/C14H21N3O/c1-13(2)11(14(13,3)4)8-17-9-5-6-16-10(7-9)12(15)18/h5-7,11H,8H2,1-4H3,(H2,15,18)(H,16,17). The number of primary amides is 1. The Hall–Kier alpha value is -1.58. The predicted octanol–water partition coefficient (Wildman–Crippen LogP) is 2.27. The topological polar surface area (TPSA) is 68.0 Å². The van der Waals surface area contributed by atoms with Crippen LogP contribution >= 0.6 is 0 Å². The molecule has 0 atom stereocenters. The second-order valence-corrected chi connectivity index (χ2v) is 6.17. The van der Waals surface area contributed by atoms with Gasteiger partial charge in [-0.2, -0.15) is 0 Å². The number of carbonyl (C=O) groups is 1. The molecule has 1 heterocycles. The van der Waals surface area contributed by atoms with Crippen molar-refractivity contribution in [3.63, 3.8) is 0 Å². The van der Waals surface area contributed by atoms with Gasteiger partial charge in [0.1, 0.15) is 5.69 Å². The molecule has 1 aliphatic rings. The van der Waals surface area contributed by atoms with Gasteiger partial charge in [-0.15, -0.1) is 0 Å². The van der Waals surface area contributed by atoms with Crippen molar-refractivity contribution in [3.8, 4) is 0 Å². The van der Waals surface area contributed by atoms with E-state index in [1.165, 1.54) is 0 Å². The number of nitrogens with zero attached hydrogens (tertiary/aromatic N) is 1. The van der Waals surface area contributed by atoms with Crippen molar-refractivity contribution >= 4 is 11.6 Å². The Morgan fingerprint density at radius 3 is 2.50 bits per heavy atom. The van der Waals surface area contributed by atoms with Crippen LogP contribution < -0.4 is 11.1 Å². The number of anilines is 1. The smallest absolute Gasteiger partial charge is 0.267 e. The minimum Gasteiger partial charge on any atom is -0.385 e. The van der Waals surface area contributed by atoms with Gasteiger partial charge >= 0.3 is 0 Å². The molecule has 2 rings (SSSR count). The van der Waals surface area contributed by atoms with Gasteiger partial charge in [-0.25, -0.2) is 0 Å². The van der Waals surface area contributed by atoms with Crippen molar-refractivity contribution in [2.45, 2.75) is 27.7 Å². The summed E-state index contributed by atoms with van der Waals surface area (Å²) in [5.74, 6) is 0.140. The van der Waals surface area contributed by atoms with E-state index < -0.39 is 5.91 Å². The molecule has 1 aliphatic carbocycles. The highest BCUT2D eigenvalue weighted by molar-refractivity contribution is 5.91. The minimum atomic E-state index is -0.495. The zero-order valence-corrected chi connectivity index (χ0v) is 11.4. The third-order valence-electron chi connectivity index (χ3n) is 4.84. The number of pyridine rings is 1. The molecule has 0 unspecified atom stereocenters. The summed E-state index contributed by atoms with van der Waals surface area (Å²) in [6.45, 7) is 10.1. The van der Waals surface area contributed by atoms with Crippen molar-refractivity contribution in [1.82, 2.24) is 4.98 Å². The largest absolute Gasteiger partial charge is 0.385 e. The maximum absolute atomic E-state index is 11.0. The first-order chi connectivity index (χ1) is 8.26. The van der Waals surface area contributed by atoms with Gasteiger partial charge in [0, 0.05) is 18.4 Å². The van der Waals surface area contributed by atoms with E-state index in [2.05, 4.69) is 38.0 Å². The molecule has 3 N–H and O–H groups in total. The number of aromatic nitrogens is 1. The third-order valence-corrected chi connectivity index (χ3v) is 4.84. The number of amides is 1. The summed E-state index contributed by atoms with van der Waals surface area (Å²) in [6.07, 6.45) is 1.60. The second kappa shape index (κ2) is 3.97. The minimum absolute atomic E-state index is 0.300. The van der Waals surface area contributed by atoms with Crippen LogP contribution in [0.15, 0.2) is 18.3 Å². The summed E-state index contributed by atoms with van der Waals surface area (Å²) >= 11 is 0. The highest BCUT2D eigenvalue weighted by Crippen LogP contribution is 2.68. The van der Waals surface area contributed by atoms with Gasteiger partial charge in [-0.05, 0) is 28.9 Å². The zero-order valence-electron chi connectivity index (χ0n) is 11.4. The number of carbonyl (C=O) groups excluding carboxylic acids is 1. The van der Waals surface area contributed by atoms with Crippen molar-refractivity contribution < 1.29 is 4.79 Å². The van der Waals surface area contributed by atoms with E-state index in [4.69, 9.17) is 5.73 Å². The molecule has 0 radical (unpaired) electrons. The van der Waals surface area contributed by atoms with E-state index in [1.54, 1.807) is 12.3 Å². The van der Waals surface area contributed by atoms with E-state index in [9.17, 15) is 4.79 Å². The van der Waals surface area contributed by atoms with Gasteiger partial charge < -0.3 is 11.1 Å². The van der Waals surface area contributed by atoms with Crippen molar-refractivity contribution in [2.75, 3.05) is 11.9 Å². The molecule has 98 valence electrons. The van der Waals surface area contributed by atoms with E-state index in [-0.39, 0.29) is 0 Å². The van der Waals surface area contributed by atoms with Crippen molar-refractivity contribution in [1.29, 1.82) is 0 Å². The Kier molecular flexibility index (Phi) is 2.84. The van der Waals surface area contributed by atoms with Crippen LogP contribution in [0.1, 0.15) is 38.2 Å². The summed E-state index contributed by atoms with van der Waals surface area (Å²) < 4.78 is 0. The molecule has 0 saturated heterocycles. The monoisotopic (exact) mass is 247 g/mol. The summed E-state index contributed by atoms with van der Waals surface area (Å²) in [6, 6.07) is 3.56. The highest BCUT2D eigenvalue weighted by atomic mass is 16.1. The molecule has 1 fully saturated rings. The van der Waals surface area contributed by atoms with Crippen LogP contribution in [0.2, 0.25) is 0 Å². The summed E-state index contributed by atoms with van der Waals surface area (Å²) in [5.41, 5.74) is 7.13. The maximum atomic E-state index is 11.0. The molecule has 4 nitrogen and oxygen atoms in total. The molecule has 0 bridgehead atoms. The van der Waals surface area contributed by atoms with Gasteiger partial charge in [0.15, 0.2) is 0 Å². The lowest BCUT2D eigenvalue weighted by Crippen LogP contribution is -2.14. The molecule has 0 spiro atoms. The number of hydrogen-bond acceptors (Lipinski definition) is 3. The van der Waals surface area contributed by atoms with Crippen LogP contribution in [0.4, 0.5) is 5.69 Å². The molecular formula is C14H21N3O. The summed E-state index contributed by atoms with van der Waals surface area (Å²) in [4.78, 5) is 15.0. The average molecular weight is 247 g/mol. The van der Waals surface area contributed by atoms with Gasteiger partial charge in [0.05, 0.1) is 0 Å². The van der Waals surface area contributed by atoms with Gasteiger partial charge in [0.2, 0.25) is 0 Å². The molecule has 0 aliphatic heterocycles.